The number of alkyl halides is 3. The Morgan fingerprint density at radius 2 is 1.88 bits per heavy atom. The SMILES string of the molecule is CCC(COc1cc2c(NCc3cc(C(F)(F)F)ccn3)nc(C)nc2cc1OC)OC. The number of aromatic nitrogens is 3. The van der Waals surface area contributed by atoms with Gasteiger partial charge in [0.2, 0.25) is 0 Å². The third-order valence-electron chi connectivity index (χ3n) is 4.89. The second-order valence-electron chi connectivity index (χ2n) is 7.10. The summed E-state index contributed by atoms with van der Waals surface area (Å²) in [6.45, 7) is 4.11. The molecule has 1 aromatic carbocycles. The van der Waals surface area contributed by atoms with Gasteiger partial charge in [0, 0.05) is 24.8 Å². The Morgan fingerprint density at radius 3 is 2.53 bits per heavy atom. The first kappa shape index (κ1) is 23.5. The van der Waals surface area contributed by atoms with Crippen molar-refractivity contribution in [2.24, 2.45) is 0 Å². The number of anilines is 1. The highest BCUT2D eigenvalue weighted by Crippen LogP contribution is 2.35. The predicted molar refractivity (Wildman–Crippen MR) is 114 cm³/mol. The van der Waals surface area contributed by atoms with Gasteiger partial charge in [-0.1, -0.05) is 6.92 Å². The first-order chi connectivity index (χ1) is 15.2. The maximum atomic E-state index is 13.0. The zero-order chi connectivity index (χ0) is 23.3. The maximum absolute atomic E-state index is 13.0. The van der Waals surface area contributed by atoms with Gasteiger partial charge in [-0.15, -0.1) is 0 Å². The number of fused-ring (bicyclic) bond motifs is 1. The molecule has 0 fully saturated rings. The lowest BCUT2D eigenvalue weighted by Crippen LogP contribution is -2.19. The predicted octanol–water partition coefficient (Wildman–Crippen LogP) is 4.78. The monoisotopic (exact) mass is 450 g/mol. The molecular weight excluding hydrogens is 425 g/mol. The number of hydrogen-bond donors (Lipinski definition) is 1. The van der Waals surface area contributed by atoms with E-state index < -0.39 is 11.7 Å². The smallest absolute Gasteiger partial charge is 0.416 e. The first-order valence-electron chi connectivity index (χ1n) is 10.0. The van der Waals surface area contributed by atoms with Gasteiger partial charge in [-0.25, -0.2) is 9.97 Å². The Balaban J connectivity index is 1.91. The number of halogens is 3. The number of benzene rings is 1. The zero-order valence-corrected chi connectivity index (χ0v) is 18.3. The molecule has 0 aliphatic rings. The summed E-state index contributed by atoms with van der Waals surface area (Å²) in [6, 6.07) is 5.43. The molecule has 0 saturated heterocycles. The van der Waals surface area contributed by atoms with Crippen molar-refractivity contribution in [3.05, 3.63) is 47.5 Å². The van der Waals surface area contributed by atoms with Crippen molar-refractivity contribution in [3.8, 4) is 11.5 Å². The van der Waals surface area contributed by atoms with Crippen LogP contribution < -0.4 is 14.8 Å². The van der Waals surface area contributed by atoms with E-state index in [9.17, 15) is 13.2 Å². The van der Waals surface area contributed by atoms with Gasteiger partial charge >= 0.3 is 6.18 Å². The minimum absolute atomic E-state index is 0.0548. The van der Waals surface area contributed by atoms with Gasteiger partial charge in [0.25, 0.3) is 0 Å². The van der Waals surface area contributed by atoms with Crippen molar-refractivity contribution >= 4 is 16.7 Å². The van der Waals surface area contributed by atoms with Crippen molar-refractivity contribution < 1.29 is 27.4 Å². The average Bonchev–Trinajstić information content (AvgIpc) is 2.77. The van der Waals surface area contributed by atoms with E-state index in [-0.39, 0.29) is 18.3 Å². The van der Waals surface area contributed by atoms with Gasteiger partial charge in [0.05, 0.1) is 36.5 Å². The van der Waals surface area contributed by atoms with E-state index in [2.05, 4.69) is 20.3 Å². The summed E-state index contributed by atoms with van der Waals surface area (Å²) < 4.78 is 55.7. The fraction of sp³-hybridized carbons (Fsp3) is 0.409. The standard InChI is InChI=1S/C22H25F3N4O3/c1-5-16(30-3)12-32-20-9-17-18(10-19(20)31-4)28-13(2)29-21(17)27-11-15-8-14(6-7-26-15)22(23,24)25/h6-10,16H,5,11-12H2,1-4H3,(H,27,28,29). The molecule has 172 valence electrons. The van der Waals surface area contributed by atoms with Crippen molar-refractivity contribution in [1.82, 2.24) is 15.0 Å². The molecule has 0 aliphatic heterocycles. The summed E-state index contributed by atoms with van der Waals surface area (Å²) in [5.74, 6) is 1.95. The molecule has 3 aromatic rings. The second kappa shape index (κ2) is 9.99. The summed E-state index contributed by atoms with van der Waals surface area (Å²) in [7, 11) is 3.16. The number of pyridine rings is 1. The van der Waals surface area contributed by atoms with Gasteiger partial charge in [-0.2, -0.15) is 13.2 Å². The van der Waals surface area contributed by atoms with Crippen LogP contribution in [-0.4, -0.2) is 41.9 Å². The van der Waals surface area contributed by atoms with Crippen molar-refractivity contribution in [2.45, 2.75) is 39.1 Å². The lowest BCUT2D eigenvalue weighted by Gasteiger charge is -2.17. The Hall–Kier alpha value is -3.14. The lowest BCUT2D eigenvalue weighted by atomic mass is 10.2. The van der Waals surface area contributed by atoms with Gasteiger partial charge < -0.3 is 19.5 Å². The van der Waals surface area contributed by atoms with Gasteiger partial charge in [0.1, 0.15) is 18.2 Å². The maximum Gasteiger partial charge on any atom is 0.416 e. The Bertz CT molecular complexity index is 1070. The number of rotatable bonds is 9. The molecule has 0 aliphatic carbocycles. The molecular formula is C22H25F3N4O3. The Kier molecular flexibility index (Phi) is 7.34. The van der Waals surface area contributed by atoms with Crippen LogP contribution in [0, 0.1) is 6.92 Å². The topological polar surface area (TPSA) is 78.4 Å². The lowest BCUT2D eigenvalue weighted by molar-refractivity contribution is -0.137. The van der Waals surface area contributed by atoms with E-state index in [1.54, 1.807) is 26.2 Å². The van der Waals surface area contributed by atoms with Crippen molar-refractivity contribution in [1.29, 1.82) is 0 Å². The van der Waals surface area contributed by atoms with Gasteiger partial charge in [-0.3, -0.25) is 4.98 Å². The van der Waals surface area contributed by atoms with E-state index in [0.717, 1.165) is 24.8 Å². The van der Waals surface area contributed by atoms with Crippen LogP contribution in [0.2, 0.25) is 0 Å². The Labute approximate surface area is 184 Å². The number of nitrogens with zero attached hydrogens (tertiary/aromatic N) is 3. The summed E-state index contributed by atoms with van der Waals surface area (Å²) >= 11 is 0. The summed E-state index contributed by atoms with van der Waals surface area (Å²) in [6.07, 6.45) is -2.59. The molecule has 10 heteroatoms. The molecule has 1 atom stereocenters. The van der Waals surface area contributed by atoms with E-state index in [0.29, 0.717) is 40.7 Å². The molecule has 0 radical (unpaired) electrons. The summed E-state index contributed by atoms with van der Waals surface area (Å²) in [5, 5.41) is 3.72. The van der Waals surface area contributed by atoms with Crippen molar-refractivity contribution in [3.63, 3.8) is 0 Å². The molecule has 0 amide bonds. The fourth-order valence-electron chi connectivity index (χ4n) is 3.12. The van der Waals surface area contributed by atoms with Crippen LogP contribution in [0.5, 0.6) is 11.5 Å². The van der Waals surface area contributed by atoms with Crippen LogP contribution in [-0.2, 0) is 17.5 Å². The van der Waals surface area contributed by atoms with E-state index in [1.807, 2.05) is 6.92 Å². The minimum Gasteiger partial charge on any atom is -0.493 e. The summed E-state index contributed by atoms with van der Waals surface area (Å²) in [5.41, 5.74) is 0.0946. The average molecular weight is 450 g/mol. The molecule has 3 rings (SSSR count). The highest BCUT2D eigenvalue weighted by atomic mass is 19.4. The molecule has 0 bridgehead atoms. The fourth-order valence-corrected chi connectivity index (χ4v) is 3.12. The zero-order valence-electron chi connectivity index (χ0n) is 18.3. The molecule has 1 unspecified atom stereocenters. The highest BCUT2D eigenvalue weighted by Gasteiger charge is 2.30. The number of hydrogen-bond acceptors (Lipinski definition) is 7. The van der Waals surface area contributed by atoms with Gasteiger partial charge in [0.15, 0.2) is 11.5 Å². The largest absolute Gasteiger partial charge is 0.493 e. The third-order valence-corrected chi connectivity index (χ3v) is 4.89. The number of aryl methyl sites for hydroxylation is 1. The molecule has 1 N–H and O–H groups in total. The minimum atomic E-state index is -4.43. The van der Waals surface area contributed by atoms with Crippen molar-refractivity contribution in [2.75, 3.05) is 26.1 Å². The molecule has 0 spiro atoms. The second-order valence-corrected chi connectivity index (χ2v) is 7.10. The highest BCUT2D eigenvalue weighted by molar-refractivity contribution is 5.91. The first-order valence-corrected chi connectivity index (χ1v) is 10.0. The van der Waals surface area contributed by atoms with E-state index in [1.165, 1.54) is 7.11 Å². The van der Waals surface area contributed by atoms with Crippen LogP contribution in [0.1, 0.15) is 30.4 Å². The molecule has 2 aromatic heterocycles. The van der Waals surface area contributed by atoms with E-state index in [4.69, 9.17) is 14.2 Å². The number of methoxy groups -OCH3 is 2. The van der Waals surface area contributed by atoms with E-state index >= 15 is 0 Å². The van der Waals surface area contributed by atoms with Crippen LogP contribution in [0.4, 0.5) is 19.0 Å². The normalized spacial score (nSPS) is 12.6. The van der Waals surface area contributed by atoms with Gasteiger partial charge in [-0.05, 0) is 31.5 Å². The Morgan fingerprint density at radius 1 is 1.09 bits per heavy atom. The summed E-state index contributed by atoms with van der Waals surface area (Å²) in [4.78, 5) is 12.9. The molecule has 0 saturated carbocycles. The third kappa shape index (κ3) is 5.56. The molecule has 7 nitrogen and oxygen atoms in total. The van der Waals surface area contributed by atoms with Crippen LogP contribution in [0.3, 0.4) is 0 Å². The molecule has 2 heterocycles. The number of nitrogens with one attached hydrogen (secondary N) is 1. The molecule has 32 heavy (non-hydrogen) atoms. The van der Waals surface area contributed by atoms with Crippen LogP contribution in [0.15, 0.2) is 30.5 Å². The number of ether oxygens (including phenoxy) is 3. The van der Waals surface area contributed by atoms with Crippen LogP contribution >= 0.6 is 0 Å². The van der Waals surface area contributed by atoms with Crippen LogP contribution in [0.25, 0.3) is 10.9 Å². The quantitative estimate of drug-likeness (QED) is 0.503.